The van der Waals surface area contributed by atoms with Gasteiger partial charge in [0.1, 0.15) is 0 Å². The molecule has 3 nitrogen and oxygen atoms in total. The number of methoxy groups -OCH3 is 1. The van der Waals surface area contributed by atoms with E-state index in [2.05, 4.69) is 18.8 Å². The van der Waals surface area contributed by atoms with Gasteiger partial charge >= 0.3 is 0 Å². The first kappa shape index (κ1) is 10.7. The number of hydrogen-bond acceptors (Lipinski definition) is 3. The standard InChI is InChI=1S/C10H19NO2/c1-8(2)11-9-6-10(7-9)13-5-4-12-3/h8,10H,4-7H2,1-3H3. The molecule has 0 atom stereocenters. The lowest BCUT2D eigenvalue weighted by Gasteiger charge is -2.28. The zero-order valence-corrected chi connectivity index (χ0v) is 8.75. The third-order valence-electron chi connectivity index (χ3n) is 2.01. The van der Waals surface area contributed by atoms with Gasteiger partial charge in [-0.1, -0.05) is 0 Å². The van der Waals surface area contributed by atoms with Crippen molar-refractivity contribution in [2.75, 3.05) is 20.3 Å². The summed E-state index contributed by atoms with van der Waals surface area (Å²) in [6, 6.07) is 0.426. The van der Waals surface area contributed by atoms with E-state index in [1.54, 1.807) is 7.11 Å². The zero-order valence-electron chi connectivity index (χ0n) is 8.75. The minimum atomic E-state index is 0.396. The molecule has 0 heterocycles. The molecule has 3 heteroatoms. The first-order valence-corrected chi connectivity index (χ1v) is 4.88. The summed E-state index contributed by atoms with van der Waals surface area (Å²) in [5.41, 5.74) is 1.30. The van der Waals surface area contributed by atoms with Crippen LogP contribution in [0.4, 0.5) is 0 Å². The average molecular weight is 185 g/mol. The average Bonchev–Trinajstić information content (AvgIpc) is 1.99. The smallest absolute Gasteiger partial charge is 0.0704 e. The van der Waals surface area contributed by atoms with Crippen molar-refractivity contribution in [1.29, 1.82) is 0 Å². The molecule has 1 saturated carbocycles. The van der Waals surface area contributed by atoms with Gasteiger partial charge in [-0.15, -0.1) is 0 Å². The van der Waals surface area contributed by atoms with Crippen molar-refractivity contribution in [3.05, 3.63) is 0 Å². The van der Waals surface area contributed by atoms with E-state index >= 15 is 0 Å². The molecule has 0 amide bonds. The van der Waals surface area contributed by atoms with Gasteiger partial charge in [-0.25, -0.2) is 0 Å². The minimum absolute atomic E-state index is 0.396. The van der Waals surface area contributed by atoms with E-state index in [0.717, 1.165) is 12.8 Å². The van der Waals surface area contributed by atoms with Crippen LogP contribution >= 0.6 is 0 Å². The number of aliphatic imine (C=N–C) groups is 1. The summed E-state index contributed by atoms with van der Waals surface area (Å²) in [7, 11) is 1.69. The first-order valence-electron chi connectivity index (χ1n) is 4.88. The molecule has 0 aromatic heterocycles. The number of rotatable bonds is 5. The molecule has 0 bridgehead atoms. The van der Waals surface area contributed by atoms with Crippen LogP contribution in [0.3, 0.4) is 0 Å². The predicted molar refractivity (Wildman–Crippen MR) is 53.4 cm³/mol. The Morgan fingerprint density at radius 3 is 2.62 bits per heavy atom. The van der Waals surface area contributed by atoms with Crippen molar-refractivity contribution in [1.82, 2.24) is 0 Å². The van der Waals surface area contributed by atoms with Crippen molar-refractivity contribution in [2.24, 2.45) is 4.99 Å². The van der Waals surface area contributed by atoms with Crippen LogP contribution in [0, 0.1) is 0 Å². The van der Waals surface area contributed by atoms with Gasteiger partial charge in [0.05, 0.1) is 19.3 Å². The Hall–Kier alpha value is -0.410. The Bertz CT molecular complexity index is 170. The SMILES string of the molecule is COCCOC1CC(=NC(C)C)C1. The Balaban J connectivity index is 2.05. The molecule has 0 radical (unpaired) electrons. The number of hydrogen-bond donors (Lipinski definition) is 0. The molecule has 1 fully saturated rings. The summed E-state index contributed by atoms with van der Waals surface area (Å²) < 4.78 is 10.4. The van der Waals surface area contributed by atoms with Gasteiger partial charge in [0, 0.05) is 31.7 Å². The maximum atomic E-state index is 5.52. The molecular formula is C10H19NO2. The lowest BCUT2D eigenvalue weighted by molar-refractivity contribution is 0.0126. The molecular weight excluding hydrogens is 166 g/mol. The third-order valence-corrected chi connectivity index (χ3v) is 2.01. The minimum Gasteiger partial charge on any atom is -0.382 e. The van der Waals surface area contributed by atoms with Crippen molar-refractivity contribution < 1.29 is 9.47 Å². The molecule has 0 aliphatic heterocycles. The second-order valence-electron chi connectivity index (χ2n) is 3.68. The van der Waals surface area contributed by atoms with Crippen LogP contribution in [0.25, 0.3) is 0 Å². The molecule has 76 valence electrons. The highest BCUT2D eigenvalue weighted by Crippen LogP contribution is 2.20. The fourth-order valence-corrected chi connectivity index (χ4v) is 1.35. The molecule has 0 aromatic rings. The summed E-state index contributed by atoms with van der Waals surface area (Å²) in [5.74, 6) is 0. The van der Waals surface area contributed by atoms with Crippen molar-refractivity contribution in [3.8, 4) is 0 Å². The monoisotopic (exact) mass is 185 g/mol. The van der Waals surface area contributed by atoms with E-state index in [0.29, 0.717) is 25.4 Å². The number of nitrogens with zero attached hydrogens (tertiary/aromatic N) is 1. The molecule has 0 N–H and O–H groups in total. The Kier molecular flexibility index (Phi) is 4.39. The molecule has 0 saturated heterocycles. The second kappa shape index (κ2) is 5.35. The summed E-state index contributed by atoms with van der Waals surface area (Å²) in [6.07, 6.45) is 2.43. The van der Waals surface area contributed by atoms with Crippen LogP contribution in [0.5, 0.6) is 0 Å². The third kappa shape index (κ3) is 3.87. The van der Waals surface area contributed by atoms with Gasteiger partial charge in [0.25, 0.3) is 0 Å². The summed E-state index contributed by atoms with van der Waals surface area (Å²) in [5, 5.41) is 0. The maximum Gasteiger partial charge on any atom is 0.0704 e. The van der Waals surface area contributed by atoms with Gasteiger partial charge in [0.15, 0.2) is 0 Å². The maximum absolute atomic E-state index is 5.52. The van der Waals surface area contributed by atoms with Crippen molar-refractivity contribution in [2.45, 2.75) is 38.8 Å². The zero-order chi connectivity index (χ0) is 9.68. The van der Waals surface area contributed by atoms with Gasteiger partial charge < -0.3 is 9.47 Å². The van der Waals surface area contributed by atoms with E-state index in [1.165, 1.54) is 5.71 Å². The van der Waals surface area contributed by atoms with Crippen molar-refractivity contribution in [3.63, 3.8) is 0 Å². The highest BCUT2D eigenvalue weighted by molar-refractivity contribution is 5.91. The van der Waals surface area contributed by atoms with Crippen LogP contribution in [0.1, 0.15) is 26.7 Å². The Morgan fingerprint density at radius 1 is 1.38 bits per heavy atom. The van der Waals surface area contributed by atoms with Gasteiger partial charge in [-0.3, -0.25) is 4.99 Å². The van der Waals surface area contributed by atoms with E-state index < -0.39 is 0 Å². The van der Waals surface area contributed by atoms with E-state index in [4.69, 9.17) is 9.47 Å². The lowest BCUT2D eigenvalue weighted by atomic mass is 9.93. The topological polar surface area (TPSA) is 30.8 Å². The van der Waals surface area contributed by atoms with Gasteiger partial charge in [0.2, 0.25) is 0 Å². The molecule has 0 spiro atoms. The molecule has 0 unspecified atom stereocenters. The van der Waals surface area contributed by atoms with E-state index in [9.17, 15) is 0 Å². The van der Waals surface area contributed by atoms with E-state index in [1.807, 2.05) is 0 Å². The van der Waals surface area contributed by atoms with Crippen LogP contribution in [0.2, 0.25) is 0 Å². The van der Waals surface area contributed by atoms with Crippen molar-refractivity contribution >= 4 is 5.71 Å². The molecule has 1 aliphatic carbocycles. The van der Waals surface area contributed by atoms with E-state index in [-0.39, 0.29) is 0 Å². The molecule has 1 rings (SSSR count). The quantitative estimate of drug-likeness (QED) is 0.610. The Morgan fingerprint density at radius 2 is 2.08 bits per heavy atom. The van der Waals surface area contributed by atoms with Crippen LogP contribution in [0.15, 0.2) is 4.99 Å². The summed E-state index contributed by atoms with van der Waals surface area (Å²) >= 11 is 0. The predicted octanol–water partition coefficient (Wildman–Crippen LogP) is 1.66. The molecule has 1 aliphatic rings. The fraction of sp³-hybridized carbons (Fsp3) is 0.900. The van der Waals surface area contributed by atoms with Crippen LogP contribution in [-0.4, -0.2) is 38.2 Å². The first-order chi connectivity index (χ1) is 6.22. The van der Waals surface area contributed by atoms with Crippen LogP contribution < -0.4 is 0 Å². The summed E-state index contributed by atoms with van der Waals surface area (Å²) in [6.45, 7) is 5.60. The Labute approximate surface area is 80.1 Å². The fourth-order valence-electron chi connectivity index (χ4n) is 1.35. The largest absolute Gasteiger partial charge is 0.382 e. The van der Waals surface area contributed by atoms with Gasteiger partial charge in [-0.2, -0.15) is 0 Å². The molecule has 0 aromatic carbocycles. The van der Waals surface area contributed by atoms with Crippen LogP contribution in [-0.2, 0) is 9.47 Å². The second-order valence-corrected chi connectivity index (χ2v) is 3.68. The highest BCUT2D eigenvalue weighted by atomic mass is 16.5. The highest BCUT2D eigenvalue weighted by Gasteiger charge is 2.25. The normalized spacial score (nSPS) is 21.8. The van der Waals surface area contributed by atoms with Gasteiger partial charge in [-0.05, 0) is 13.8 Å². The summed E-state index contributed by atoms with van der Waals surface area (Å²) in [4.78, 5) is 4.47. The molecule has 13 heavy (non-hydrogen) atoms. The lowest BCUT2D eigenvalue weighted by Crippen LogP contribution is -2.33. The number of ether oxygens (including phenoxy) is 2.